The highest BCUT2D eigenvalue weighted by Gasteiger charge is 2.45. The van der Waals surface area contributed by atoms with Gasteiger partial charge in [-0.05, 0) is 60.3 Å². The van der Waals surface area contributed by atoms with Crippen LogP contribution in [0.4, 0.5) is 17.6 Å². The van der Waals surface area contributed by atoms with Crippen LogP contribution in [0.1, 0.15) is 58.1 Å². The van der Waals surface area contributed by atoms with Crippen LogP contribution in [-0.4, -0.2) is 31.2 Å². The summed E-state index contributed by atoms with van der Waals surface area (Å²) in [6.07, 6.45) is -2.15. The zero-order valence-corrected chi connectivity index (χ0v) is 19.2. The first kappa shape index (κ1) is 25.0. The van der Waals surface area contributed by atoms with E-state index in [0.29, 0.717) is 24.4 Å². The first-order valence-electron chi connectivity index (χ1n) is 11.3. The summed E-state index contributed by atoms with van der Waals surface area (Å²) in [7, 11) is 0. The highest BCUT2D eigenvalue weighted by molar-refractivity contribution is 5.79. The van der Waals surface area contributed by atoms with Crippen molar-refractivity contribution in [2.75, 3.05) is 13.2 Å². The monoisotopic (exact) mass is 458 g/mol. The molecule has 2 N–H and O–H groups in total. The predicted octanol–water partition coefficient (Wildman–Crippen LogP) is 4.92. The van der Waals surface area contributed by atoms with E-state index in [2.05, 4.69) is 38.3 Å². The Morgan fingerprint density at radius 3 is 2.50 bits per heavy atom. The Morgan fingerprint density at radius 2 is 1.88 bits per heavy atom. The summed E-state index contributed by atoms with van der Waals surface area (Å²) in [4.78, 5) is 13.1. The molecule has 8 heteroatoms. The Morgan fingerprint density at radius 1 is 1.16 bits per heavy atom. The van der Waals surface area contributed by atoms with E-state index < -0.39 is 17.6 Å². The Balaban J connectivity index is 1.66. The average molecular weight is 459 g/mol. The molecule has 1 heterocycles. The quantitative estimate of drug-likeness (QED) is 0.616. The SMILES string of the molecule is C[C@@H]1COCCC1NC1CC(C(C)(C)C)[C@H](C(=O)NCc2cc(F)cc(C(F)(F)F)c2)C1. The van der Waals surface area contributed by atoms with Crippen molar-refractivity contribution in [1.82, 2.24) is 10.6 Å². The number of carbonyl (C=O) groups excluding carboxylic acids is 1. The molecule has 1 aromatic rings. The van der Waals surface area contributed by atoms with E-state index in [1.807, 2.05) is 0 Å². The van der Waals surface area contributed by atoms with E-state index in [0.717, 1.165) is 38.2 Å². The van der Waals surface area contributed by atoms with Gasteiger partial charge in [0, 0.05) is 31.2 Å². The molecule has 5 atom stereocenters. The molecule has 0 aromatic heterocycles. The van der Waals surface area contributed by atoms with Gasteiger partial charge in [0.2, 0.25) is 5.91 Å². The molecule has 0 radical (unpaired) electrons. The number of ether oxygens (including phenoxy) is 1. The largest absolute Gasteiger partial charge is 0.416 e. The molecule has 2 aliphatic rings. The van der Waals surface area contributed by atoms with Crippen LogP contribution in [0, 0.1) is 29.0 Å². The molecule has 180 valence electrons. The Bertz CT molecular complexity index is 806. The van der Waals surface area contributed by atoms with E-state index >= 15 is 0 Å². The zero-order valence-electron chi connectivity index (χ0n) is 19.2. The molecule has 1 amide bonds. The minimum absolute atomic E-state index is 0.0952. The van der Waals surface area contributed by atoms with Crippen LogP contribution in [-0.2, 0) is 22.3 Å². The lowest BCUT2D eigenvalue weighted by Crippen LogP contribution is -2.45. The van der Waals surface area contributed by atoms with Crippen molar-refractivity contribution in [3.63, 3.8) is 0 Å². The molecule has 4 nitrogen and oxygen atoms in total. The lowest BCUT2D eigenvalue weighted by atomic mass is 9.74. The van der Waals surface area contributed by atoms with Crippen LogP contribution in [0.15, 0.2) is 18.2 Å². The van der Waals surface area contributed by atoms with Crippen LogP contribution >= 0.6 is 0 Å². The van der Waals surface area contributed by atoms with Gasteiger partial charge >= 0.3 is 6.18 Å². The number of rotatable bonds is 5. The number of carbonyl (C=O) groups is 1. The van der Waals surface area contributed by atoms with Gasteiger partial charge < -0.3 is 15.4 Å². The van der Waals surface area contributed by atoms with E-state index in [4.69, 9.17) is 4.74 Å². The molecule has 0 bridgehead atoms. The van der Waals surface area contributed by atoms with Crippen molar-refractivity contribution in [1.29, 1.82) is 0 Å². The van der Waals surface area contributed by atoms with Crippen molar-refractivity contribution in [3.05, 3.63) is 35.1 Å². The fourth-order valence-corrected chi connectivity index (χ4v) is 5.09. The molecule has 1 aliphatic heterocycles. The van der Waals surface area contributed by atoms with E-state index in [9.17, 15) is 22.4 Å². The molecular formula is C24H34F4N2O2. The molecule has 0 spiro atoms. The first-order chi connectivity index (χ1) is 14.8. The maximum absolute atomic E-state index is 13.7. The standard InChI is InChI=1S/C24H34F4N2O2/c1-14-13-32-6-5-21(14)30-18-10-19(20(11-18)23(2,3)4)22(31)29-12-15-7-16(24(26,27)28)9-17(25)8-15/h7-9,14,18-21,30H,5-6,10-13H2,1-4H3,(H,29,31)/t14-,18?,19-,20?,21?/m1/s1. The zero-order chi connectivity index (χ0) is 23.7. The predicted molar refractivity (Wildman–Crippen MR) is 114 cm³/mol. The van der Waals surface area contributed by atoms with Gasteiger partial charge in [-0.25, -0.2) is 4.39 Å². The summed E-state index contributed by atoms with van der Waals surface area (Å²) in [5.74, 6) is -0.869. The summed E-state index contributed by atoms with van der Waals surface area (Å²) in [5, 5.41) is 6.49. The van der Waals surface area contributed by atoms with Gasteiger partial charge in [-0.2, -0.15) is 13.2 Å². The maximum Gasteiger partial charge on any atom is 0.416 e. The summed E-state index contributed by atoms with van der Waals surface area (Å²) >= 11 is 0. The van der Waals surface area contributed by atoms with Crippen LogP contribution in [0.2, 0.25) is 0 Å². The number of amides is 1. The fourth-order valence-electron chi connectivity index (χ4n) is 5.09. The molecule has 1 saturated heterocycles. The second-order valence-electron chi connectivity index (χ2n) is 10.4. The van der Waals surface area contributed by atoms with Crippen molar-refractivity contribution < 1.29 is 27.1 Å². The molecule has 1 saturated carbocycles. The first-order valence-corrected chi connectivity index (χ1v) is 11.3. The van der Waals surface area contributed by atoms with Crippen LogP contribution < -0.4 is 10.6 Å². The van der Waals surface area contributed by atoms with Crippen LogP contribution in [0.3, 0.4) is 0 Å². The lowest BCUT2D eigenvalue weighted by molar-refractivity contribution is -0.137. The van der Waals surface area contributed by atoms with Crippen molar-refractivity contribution in [2.45, 2.75) is 71.8 Å². The third-order valence-corrected chi connectivity index (χ3v) is 6.85. The number of hydrogen-bond donors (Lipinski definition) is 2. The van der Waals surface area contributed by atoms with Gasteiger partial charge in [0.25, 0.3) is 0 Å². The Labute approximate surface area is 187 Å². The van der Waals surface area contributed by atoms with E-state index in [1.54, 1.807) is 0 Å². The highest BCUT2D eigenvalue weighted by atomic mass is 19.4. The van der Waals surface area contributed by atoms with Crippen LogP contribution in [0.25, 0.3) is 0 Å². The smallest absolute Gasteiger partial charge is 0.381 e. The van der Waals surface area contributed by atoms with Gasteiger partial charge in [-0.15, -0.1) is 0 Å². The minimum Gasteiger partial charge on any atom is -0.381 e. The summed E-state index contributed by atoms with van der Waals surface area (Å²) in [6.45, 7) is 9.81. The normalized spacial score (nSPS) is 29.2. The molecule has 3 rings (SSSR count). The van der Waals surface area contributed by atoms with Crippen molar-refractivity contribution >= 4 is 5.91 Å². The number of alkyl halides is 3. The Kier molecular flexibility index (Phi) is 7.55. The second-order valence-corrected chi connectivity index (χ2v) is 10.4. The van der Waals surface area contributed by atoms with E-state index in [-0.39, 0.29) is 41.3 Å². The van der Waals surface area contributed by atoms with Gasteiger partial charge in [-0.1, -0.05) is 27.7 Å². The molecule has 1 aliphatic carbocycles. The minimum atomic E-state index is -4.64. The van der Waals surface area contributed by atoms with Gasteiger partial charge in [0.1, 0.15) is 5.82 Å². The van der Waals surface area contributed by atoms with Gasteiger partial charge in [0.15, 0.2) is 0 Å². The Hall–Kier alpha value is -1.67. The molecule has 3 unspecified atom stereocenters. The fraction of sp³-hybridized carbons (Fsp3) is 0.708. The molecular weight excluding hydrogens is 424 g/mol. The summed E-state index contributed by atoms with van der Waals surface area (Å²) < 4.78 is 58.1. The molecule has 32 heavy (non-hydrogen) atoms. The summed E-state index contributed by atoms with van der Waals surface area (Å²) in [5.41, 5.74) is -1.05. The van der Waals surface area contributed by atoms with Gasteiger partial charge in [-0.3, -0.25) is 4.79 Å². The molecule has 2 fully saturated rings. The third-order valence-electron chi connectivity index (χ3n) is 6.85. The van der Waals surface area contributed by atoms with E-state index in [1.165, 1.54) is 0 Å². The average Bonchev–Trinajstić information content (AvgIpc) is 3.11. The van der Waals surface area contributed by atoms with Crippen LogP contribution in [0.5, 0.6) is 0 Å². The molecule has 1 aromatic carbocycles. The van der Waals surface area contributed by atoms with Crippen molar-refractivity contribution in [3.8, 4) is 0 Å². The summed E-state index contributed by atoms with van der Waals surface area (Å²) in [6, 6.07) is 2.93. The lowest BCUT2D eigenvalue weighted by Gasteiger charge is -2.33. The number of benzene rings is 1. The van der Waals surface area contributed by atoms with Crippen molar-refractivity contribution in [2.24, 2.45) is 23.2 Å². The second kappa shape index (κ2) is 9.67. The topological polar surface area (TPSA) is 50.4 Å². The number of halogens is 4. The third kappa shape index (κ3) is 6.22. The number of hydrogen-bond acceptors (Lipinski definition) is 3. The maximum atomic E-state index is 13.7. The number of nitrogens with one attached hydrogen (secondary N) is 2. The highest BCUT2D eigenvalue weighted by Crippen LogP contribution is 2.44. The van der Waals surface area contributed by atoms with Gasteiger partial charge in [0.05, 0.1) is 12.2 Å².